The molecule has 0 bridgehead atoms. The van der Waals surface area contributed by atoms with Crippen LogP contribution in [0.4, 0.5) is 0 Å². The van der Waals surface area contributed by atoms with Gasteiger partial charge in [0.25, 0.3) is 5.95 Å². The monoisotopic (exact) mass is 194 g/mol. The first-order chi connectivity index (χ1) is 6.36. The predicted octanol–water partition coefficient (Wildman–Crippen LogP) is 0.572. The summed E-state index contributed by atoms with van der Waals surface area (Å²) in [5, 5.41) is 1.38. The van der Waals surface area contributed by atoms with E-state index in [4.69, 9.17) is 9.47 Å². The van der Waals surface area contributed by atoms with E-state index in [1.165, 1.54) is 5.19 Å². The van der Waals surface area contributed by atoms with Crippen molar-refractivity contribution in [2.24, 2.45) is 0 Å². The van der Waals surface area contributed by atoms with E-state index >= 15 is 0 Å². The molecule has 0 aliphatic carbocycles. The third kappa shape index (κ3) is 3.34. The molecule has 70 valence electrons. The van der Waals surface area contributed by atoms with Gasteiger partial charge in [0.2, 0.25) is 0 Å². The molecular weight excluding hydrogens is 180 g/mol. The molecule has 0 radical (unpaired) electrons. The highest BCUT2D eigenvalue weighted by molar-refractivity contribution is 6.58. The van der Waals surface area contributed by atoms with Gasteiger partial charge in [-0.25, -0.2) is 0 Å². The van der Waals surface area contributed by atoms with Gasteiger partial charge in [0.1, 0.15) is 0 Å². The first kappa shape index (κ1) is 9.86. The van der Waals surface area contributed by atoms with Gasteiger partial charge in [-0.1, -0.05) is 35.5 Å². The first-order valence-electron chi connectivity index (χ1n) is 4.19. The molecule has 3 heteroatoms. The lowest BCUT2D eigenvalue weighted by Crippen LogP contribution is -2.11. The van der Waals surface area contributed by atoms with Gasteiger partial charge in [0.15, 0.2) is 0 Å². The van der Waals surface area contributed by atoms with Gasteiger partial charge >= 0.3 is 0 Å². The summed E-state index contributed by atoms with van der Waals surface area (Å²) in [5.74, 6) is 0.621. The second-order valence-corrected chi connectivity index (χ2v) is 4.25. The molecule has 0 saturated heterocycles. The molecule has 13 heavy (non-hydrogen) atoms. The third-order valence-corrected chi connectivity index (χ3v) is 3.23. The van der Waals surface area contributed by atoms with Crippen LogP contribution in [0, 0.1) is 0 Å². The predicted molar refractivity (Wildman–Crippen MR) is 56.7 cm³/mol. The molecule has 1 rings (SSSR count). The number of hydrogen-bond acceptors (Lipinski definition) is 2. The first-order valence-corrected chi connectivity index (χ1v) is 5.71. The molecule has 1 aromatic carbocycles. The highest BCUT2D eigenvalue weighted by Crippen LogP contribution is 1.93. The van der Waals surface area contributed by atoms with Gasteiger partial charge in [0, 0.05) is 0 Å². The summed E-state index contributed by atoms with van der Waals surface area (Å²) < 4.78 is 9.99. The van der Waals surface area contributed by atoms with Crippen molar-refractivity contribution in [2.45, 2.75) is 0 Å². The number of benzene rings is 1. The van der Waals surface area contributed by atoms with Crippen molar-refractivity contribution >= 4 is 14.7 Å². The maximum absolute atomic E-state index is 4.99. The second kappa shape index (κ2) is 5.43. The minimum atomic E-state index is -0.393. The van der Waals surface area contributed by atoms with Crippen molar-refractivity contribution in [1.29, 1.82) is 0 Å². The zero-order chi connectivity index (χ0) is 9.52. The van der Waals surface area contributed by atoms with Crippen LogP contribution < -0.4 is 5.19 Å². The fraction of sp³-hybridized carbons (Fsp3) is 0.200. The molecule has 0 aliphatic rings. The lowest BCUT2D eigenvalue weighted by molar-refractivity contribution is 0.0964. The van der Waals surface area contributed by atoms with Gasteiger partial charge < -0.3 is 9.47 Å². The van der Waals surface area contributed by atoms with Crippen LogP contribution in [-0.2, 0) is 9.47 Å². The Balaban J connectivity index is 2.55. The van der Waals surface area contributed by atoms with Crippen LogP contribution in [0.5, 0.6) is 0 Å². The molecule has 0 unspecified atom stereocenters. The zero-order valence-corrected chi connectivity index (χ0v) is 9.40. The Morgan fingerprint density at radius 3 is 2.31 bits per heavy atom. The minimum absolute atomic E-state index is 0.393. The summed E-state index contributed by atoms with van der Waals surface area (Å²) in [6, 6.07) is 10.4. The Hall–Kier alpha value is -1.22. The van der Waals surface area contributed by atoms with E-state index in [1.807, 2.05) is 6.07 Å². The normalized spacial score (nSPS) is 10.0. The van der Waals surface area contributed by atoms with E-state index in [0.29, 0.717) is 5.95 Å². The molecule has 0 atom stereocenters. The number of rotatable bonds is 4. The standard InChI is InChI=1S/C10H14O2Si/c1-11-10(12-2)8-13-9-6-4-3-5-7-9/h3-8H,13H2,1-2H3. The summed E-state index contributed by atoms with van der Waals surface area (Å²) >= 11 is 0. The Morgan fingerprint density at radius 1 is 1.15 bits per heavy atom. The number of ether oxygens (including phenoxy) is 2. The highest BCUT2D eigenvalue weighted by Gasteiger charge is 1.93. The lowest BCUT2D eigenvalue weighted by atomic mass is 10.4. The van der Waals surface area contributed by atoms with E-state index < -0.39 is 9.52 Å². The Morgan fingerprint density at radius 2 is 1.77 bits per heavy atom. The highest BCUT2D eigenvalue weighted by atomic mass is 28.2. The summed E-state index contributed by atoms with van der Waals surface area (Å²) in [4.78, 5) is 0. The van der Waals surface area contributed by atoms with Crippen molar-refractivity contribution in [3.63, 3.8) is 0 Å². The molecule has 0 saturated carbocycles. The maximum atomic E-state index is 4.99. The summed E-state index contributed by atoms with van der Waals surface area (Å²) in [6.45, 7) is 0. The molecule has 0 heterocycles. The Bertz CT molecular complexity index is 264. The summed E-state index contributed by atoms with van der Waals surface area (Å²) in [7, 11) is 2.85. The molecule has 0 aromatic heterocycles. The van der Waals surface area contributed by atoms with E-state index in [2.05, 4.69) is 30.0 Å². The van der Waals surface area contributed by atoms with Crippen LogP contribution in [-0.4, -0.2) is 23.7 Å². The van der Waals surface area contributed by atoms with Crippen LogP contribution >= 0.6 is 0 Å². The fourth-order valence-corrected chi connectivity index (χ4v) is 2.35. The topological polar surface area (TPSA) is 18.5 Å². The van der Waals surface area contributed by atoms with Crippen LogP contribution in [0.25, 0.3) is 0 Å². The summed E-state index contributed by atoms with van der Waals surface area (Å²) in [5.41, 5.74) is 2.05. The van der Waals surface area contributed by atoms with Crippen LogP contribution in [0.15, 0.2) is 42.0 Å². The van der Waals surface area contributed by atoms with Crippen molar-refractivity contribution in [3.8, 4) is 0 Å². The SMILES string of the molecule is COC(=C[SiH2]c1ccccc1)OC. The van der Waals surface area contributed by atoms with Gasteiger partial charge in [0.05, 0.1) is 23.7 Å². The fourth-order valence-electron chi connectivity index (χ4n) is 1.07. The van der Waals surface area contributed by atoms with Crippen molar-refractivity contribution in [1.82, 2.24) is 0 Å². The van der Waals surface area contributed by atoms with Crippen LogP contribution in [0.2, 0.25) is 0 Å². The summed E-state index contributed by atoms with van der Waals surface area (Å²) in [6.07, 6.45) is 0. The average molecular weight is 194 g/mol. The molecule has 0 aliphatic heterocycles. The van der Waals surface area contributed by atoms with Gasteiger partial charge in [-0.05, 0) is 5.70 Å². The smallest absolute Gasteiger partial charge is 0.269 e. The van der Waals surface area contributed by atoms with E-state index in [9.17, 15) is 0 Å². The molecule has 0 amide bonds. The minimum Gasteiger partial charge on any atom is -0.469 e. The van der Waals surface area contributed by atoms with Crippen molar-refractivity contribution < 1.29 is 9.47 Å². The molecule has 0 N–H and O–H groups in total. The van der Waals surface area contributed by atoms with Crippen LogP contribution in [0.3, 0.4) is 0 Å². The number of methoxy groups -OCH3 is 2. The molecular formula is C10H14O2Si. The average Bonchev–Trinajstić information content (AvgIpc) is 2.21. The molecule has 0 spiro atoms. The van der Waals surface area contributed by atoms with Gasteiger partial charge in [-0.2, -0.15) is 0 Å². The van der Waals surface area contributed by atoms with Gasteiger partial charge in [-0.3, -0.25) is 0 Å². The van der Waals surface area contributed by atoms with E-state index in [-0.39, 0.29) is 0 Å². The molecule has 1 aromatic rings. The molecule has 2 nitrogen and oxygen atoms in total. The second-order valence-electron chi connectivity index (χ2n) is 2.62. The lowest BCUT2D eigenvalue weighted by Gasteiger charge is -2.02. The largest absolute Gasteiger partial charge is 0.469 e. The van der Waals surface area contributed by atoms with E-state index in [1.54, 1.807) is 14.2 Å². The number of hydrogen-bond donors (Lipinski definition) is 0. The maximum Gasteiger partial charge on any atom is 0.269 e. The van der Waals surface area contributed by atoms with E-state index in [0.717, 1.165) is 0 Å². The third-order valence-electron chi connectivity index (χ3n) is 1.75. The quantitative estimate of drug-likeness (QED) is 0.515. The van der Waals surface area contributed by atoms with Crippen molar-refractivity contribution in [2.75, 3.05) is 14.2 Å². The van der Waals surface area contributed by atoms with Crippen molar-refractivity contribution in [3.05, 3.63) is 42.0 Å². The zero-order valence-electron chi connectivity index (χ0n) is 7.99. The Kier molecular flexibility index (Phi) is 4.12. The van der Waals surface area contributed by atoms with Gasteiger partial charge in [-0.15, -0.1) is 0 Å². The van der Waals surface area contributed by atoms with Crippen LogP contribution in [0.1, 0.15) is 0 Å². The Labute approximate surface area is 81.0 Å². The molecule has 0 fully saturated rings.